The highest BCUT2D eigenvalue weighted by atomic mass is 32.1. The Balaban J connectivity index is 1.43. The van der Waals surface area contributed by atoms with Crippen molar-refractivity contribution < 1.29 is 18.3 Å². The molecule has 0 aliphatic rings. The lowest BCUT2D eigenvalue weighted by molar-refractivity contribution is -0.0498. The van der Waals surface area contributed by atoms with Crippen LogP contribution in [-0.4, -0.2) is 27.3 Å². The molecule has 0 saturated carbocycles. The molecule has 6 nitrogen and oxygen atoms in total. The van der Waals surface area contributed by atoms with E-state index in [0.717, 1.165) is 16.0 Å². The molecule has 31 heavy (non-hydrogen) atoms. The van der Waals surface area contributed by atoms with Gasteiger partial charge in [-0.2, -0.15) is 13.9 Å². The Labute approximate surface area is 181 Å². The van der Waals surface area contributed by atoms with E-state index in [1.807, 2.05) is 31.3 Å². The maximum Gasteiger partial charge on any atom is 0.387 e. The molecule has 4 rings (SSSR count). The van der Waals surface area contributed by atoms with Crippen LogP contribution in [0.3, 0.4) is 0 Å². The van der Waals surface area contributed by atoms with Gasteiger partial charge in [0.05, 0.1) is 12.2 Å². The highest BCUT2D eigenvalue weighted by Crippen LogP contribution is 2.31. The summed E-state index contributed by atoms with van der Waals surface area (Å²) in [4.78, 5) is 18.0. The fourth-order valence-electron chi connectivity index (χ4n) is 3.02. The molecule has 0 radical (unpaired) electrons. The molecule has 9 heteroatoms. The molecule has 4 aromatic rings. The van der Waals surface area contributed by atoms with Crippen LogP contribution in [0.4, 0.5) is 13.9 Å². The Morgan fingerprint density at radius 2 is 1.90 bits per heavy atom. The molecule has 2 aromatic carbocycles. The predicted molar refractivity (Wildman–Crippen MR) is 115 cm³/mol. The largest absolute Gasteiger partial charge is 0.435 e. The summed E-state index contributed by atoms with van der Waals surface area (Å²) in [7, 11) is 0. The summed E-state index contributed by atoms with van der Waals surface area (Å²) in [6.07, 6.45) is 3.60. The second-order valence-electron chi connectivity index (χ2n) is 6.68. The number of anilines is 1. The van der Waals surface area contributed by atoms with Gasteiger partial charge in [0.1, 0.15) is 5.75 Å². The van der Waals surface area contributed by atoms with Crippen molar-refractivity contribution in [2.75, 3.05) is 5.32 Å². The number of ether oxygens (including phenoxy) is 1. The van der Waals surface area contributed by atoms with Crippen molar-refractivity contribution in [3.05, 3.63) is 83.0 Å². The van der Waals surface area contributed by atoms with Crippen LogP contribution < -0.4 is 10.1 Å². The highest BCUT2D eigenvalue weighted by Gasteiger charge is 2.14. The van der Waals surface area contributed by atoms with Gasteiger partial charge in [-0.05, 0) is 55.0 Å². The van der Waals surface area contributed by atoms with E-state index < -0.39 is 6.61 Å². The molecular weight excluding hydrogens is 422 g/mol. The number of rotatable bonds is 7. The van der Waals surface area contributed by atoms with Crippen LogP contribution >= 0.6 is 11.3 Å². The molecule has 0 unspecified atom stereocenters. The smallest absolute Gasteiger partial charge is 0.387 e. The van der Waals surface area contributed by atoms with Crippen LogP contribution in [0.5, 0.6) is 5.75 Å². The monoisotopic (exact) mass is 440 g/mol. The first-order valence-corrected chi connectivity index (χ1v) is 10.2. The molecule has 158 valence electrons. The van der Waals surface area contributed by atoms with E-state index in [9.17, 15) is 13.6 Å². The van der Waals surface area contributed by atoms with E-state index in [-0.39, 0.29) is 11.7 Å². The number of hydrogen-bond acceptors (Lipinski definition) is 5. The zero-order valence-corrected chi connectivity index (χ0v) is 17.3. The van der Waals surface area contributed by atoms with Crippen LogP contribution in [0.15, 0.2) is 67.0 Å². The number of amides is 1. The Kier molecular flexibility index (Phi) is 6.03. The Hall–Kier alpha value is -3.59. The van der Waals surface area contributed by atoms with Gasteiger partial charge in [0, 0.05) is 28.4 Å². The number of benzene rings is 2. The lowest BCUT2D eigenvalue weighted by atomic mass is 10.1. The molecule has 0 atom stereocenters. The summed E-state index contributed by atoms with van der Waals surface area (Å²) in [6.45, 7) is -0.352. The molecule has 1 N–H and O–H groups in total. The van der Waals surface area contributed by atoms with E-state index in [4.69, 9.17) is 0 Å². The topological polar surface area (TPSA) is 69.0 Å². The second-order valence-corrected chi connectivity index (χ2v) is 7.88. The van der Waals surface area contributed by atoms with E-state index in [2.05, 4.69) is 20.1 Å². The van der Waals surface area contributed by atoms with Crippen molar-refractivity contribution >= 4 is 22.4 Å². The summed E-state index contributed by atoms with van der Waals surface area (Å²) in [5, 5.41) is 7.45. The first kappa shape index (κ1) is 20.7. The minimum atomic E-state index is -2.87. The number of alkyl halides is 2. The Morgan fingerprint density at radius 3 is 2.55 bits per heavy atom. The zero-order valence-electron chi connectivity index (χ0n) is 16.5. The SMILES string of the molecule is Cc1sc(NC(=O)c2ccc(Cn3cccn3)cc2)nc1-c1ccc(OC(F)F)cc1. The number of carbonyl (C=O) groups is 1. The average Bonchev–Trinajstić information content (AvgIpc) is 3.38. The van der Waals surface area contributed by atoms with Crippen LogP contribution in [0, 0.1) is 6.92 Å². The predicted octanol–water partition coefficient (Wildman–Crippen LogP) is 5.22. The minimum absolute atomic E-state index is 0.0798. The zero-order chi connectivity index (χ0) is 21.8. The minimum Gasteiger partial charge on any atom is -0.435 e. The van der Waals surface area contributed by atoms with E-state index in [1.54, 1.807) is 35.1 Å². The van der Waals surface area contributed by atoms with Crippen molar-refractivity contribution in [2.24, 2.45) is 0 Å². The van der Waals surface area contributed by atoms with Crippen LogP contribution in [0.2, 0.25) is 0 Å². The summed E-state index contributed by atoms with van der Waals surface area (Å²) < 4.78 is 30.8. The van der Waals surface area contributed by atoms with Gasteiger partial charge < -0.3 is 4.74 Å². The molecule has 0 spiro atoms. The van der Waals surface area contributed by atoms with Crippen LogP contribution in [0.25, 0.3) is 11.3 Å². The molecule has 0 aliphatic heterocycles. The number of nitrogens with zero attached hydrogens (tertiary/aromatic N) is 3. The van der Waals surface area contributed by atoms with E-state index in [0.29, 0.717) is 22.9 Å². The lowest BCUT2D eigenvalue weighted by Crippen LogP contribution is -2.11. The summed E-state index contributed by atoms with van der Waals surface area (Å²) >= 11 is 1.35. The molecule has 0 fully saturated rings. The maximum atomic E-state index is 12.6. The normalized spacial score (nSPS) is 11.0. The van der Waals surface area contributed by atoms with Gasteiger partial charge in [0.25, 0.3) is 5.91 Å². The van der Waals surface area contributed by atoms with Crippen molar-refractivity contribution in [1.82, 2.24) is 14.8 Å². The van der Waals surface area contributed by atoms with Crippen LogP contribution in [-0.2, 0) is 6.54 Å². The van der Waals surface area contributed by atoms with Gasteiger partial charge in [-0.25, -0.2) is 4.98 Å². The molecule has 1 amide bonds. The second kappa shape index (κ2) is 9.05. The van der Waals surface area contributed by atoms with Gasteiger partial charge in [-0.1, -0.05) is 12.1 Å². The van der Waals surface area contributed by atoms with Crippen molar-refractivity contribution in [3.63, 3.8) is 0 Å². The number of hydrogen-bond donors (Lipinski definition) is 1. The van der Waals surface area contributed by atoms with Crippen molar-refractivity contribution in [3.8, 4) is 17.0 Å². The molecule has 2 aromatic heterocycles. The fourth-order valence-corrected chi connectivity index (χ4v) is 3.85. The number of aromatic nitrogens is 3. The number of thiazole rings is 1. The number of halogens is 2. The van der Waals surface area contributed by atoms with Gasteiger partial charge in [0.15, 0.2) is 5.13 Å². The number of carbonyl (C=O) groups excluding carboxylic acids is 1. The van der Waals surface area contributed by atoms with E-state index >= 15 is 0 Å². The third-order valence-corrected chi connectivity index (χ3v) is 5.38. The van der Waals surface area contributed by atoms with Gasteiger partial charge in [-0.3, -0.25) is 14.8 Å². The average molecular weight is 440 g/mol. The molecule has 0 saturated heterocycles. The van der Waals surface area contributed by atoms with Crippen LogP contribution in [0.1, 0.15) is 20.8 Å². The number of nitrogens with one attached hydrogen (secondary N) is 1. The third-order valence-electron chi connectivity index (χ3n) is 4.49. The first-order valence-electron chi connectivity index (χ1n) is 9.38. The first-order chi connectivity index (χ1) is 15.0. The maximum absolute atomic E-state index is 12.6. The van der Waals surface area contributed by atoms with Gasteiger partial charge in [0.2, 0.25) is 0 Å². The van der Waals surface area contributed by atoms with E-state index in [1.165, 1.54) is 23.5 Å². The Morgan fingerprint density at radius 1 is 1.16 bits per heavy atom. The quantitative estimate of drug-likeness (QED) is 0.428. The Bertz CT molecular complexity index is 1160. The molecule has 2 heterocycles. The summed E-state index contributed by atoms with van der Waals surface area (Å²) in [6, 6.07) is 15.4. The van der Waals surface area contributed by atoms with Gasteiger partial charge >= 0.3 is 6.61 Å². The van der Waals surface area contributed by atoms with Gasteiger partial charge in [-0.15, -0.1) is 11.3 Å². The third kappa shape index (κ3) is 5.13. The lowest BCUT2D eigenvalue weighted by Gasteiger charge is -2.05. The van der Waals surface area contributed by atoms with Crippen molar-refractivity contribution in [1.29, 1.82) is 0 Å². The summed E-state index contributed by atoms with van der Waals surface area (Å²) in [5.41, 5.74) is 2.98. The fraction of sp³-hybridized carbons (Fsp3) is 0.136. The number of aryl methyl sites for hydroxylation is 1. The standard InChI is InChI=1S/C22H18F2N4O2S/c1-14-19(16-7-9-18(10-8-16)30-21(23)24)26-22(31-14)27-20(29)17-5-3-15(4-6-17)13-28-12-2-11-25-28/h2-12,21H,13H2,1H3,(H,26,27,29). The molecular formula is C22H18F2N4O2S. The highest BCUT2D eigenvalue weighted by molar-refractivity contribution is 7.16. The van der Waals surface area contributed by atoms with Crippen molar-refractivity contribution in [2.45, 2.75) is 20.1 Å². The molecule has 0 bridgehead atoms. The summed E-state index contributed by atoms with van der Waals surface area (Å²) in [5.74, 6) is -0.178. The molecule has 0 aliphatic carbocycles.